The maximum Gasteiger partial charge on any atom is 0.271 e. The molecule has 4 heterocycles. The Kier molecular flexibility index (Phi) is 4.31. The second kappa shape index (κ2) is 6.76. The molecule has 1 aliphatic heterocycles. The smallest absolute Gasteiger partial charge is 0.271 e. The number of aryl methyl sites for hydroxylation is 1. The fourth-order valence-corrected chi connectivity index (χ4v) is 4.09. The van der Waals surface area contributed by atoms with Gasteiger partial charge < -0.3 is 4.90 Å². The highest BCUT2D eigenvalue weighted by Gasteiger charge is 2.28. The lowest BCUT2D eigenvalue weighted by Crippen LogP contribution is -2.39. The number of aromatic amines is 1. The van der Waals surface area contributed by atoms with Crippen molar-refractivity contribution in [1.29, 1.82) is 0 Å². The molecule has 1 amide bonds. The molecule has 1 fully saturated rings. The van der Waals surface area contributed by atoms with E-state index >= 15 is 0 Å². The minimum atomic E-state index is 0.000573. The number of amides is 1. The second-order valence-electron chi connectivity index (χ2n) is 6.31. The Hall–Kier alpha value is -2.54. The van der Waals surface area contributed by atoms with Crippen LogP contribution in [0.5, 0.6) is 0 Å². The number of hydrogen-bond donors (Lipinski definition) is 1. The average molecular weight is 353 g/mol. The summed E-state index contributed by atoms with van der Waals surface area (Å²) < 4.78 is 0. The van der Waals surface area contributed by atoms with Crippen LogP contribution in [0.1, 0.15) is 39.1 Å². The number of H-pyrrole nitrogens is 1. The number of hydrogen-bond acceptors (Lipinski definition) is 5. The van der Waals surface area contributed by atoms with Gasteiger partial charge in [-0.3, -0.25) is 14.9 Å². The molecule has 1 atom stereocenters. The number of rotatable bonds is 3. The monoisotopic (exact) mass is 353 g/mol. The molecule has 1 N–H and O–H groups in total. The number of thiazole rings is 1. The summed E-state index contributed by atoms with van der Waals surface area (Å²) in [5, 5.41) is 8.27. The van der Waals surface area contributed by atoms with E-state index in [1.54, 1.807) is 29.8 Å². The van der Waals surface area contributed by atoms with Crippen molar-refractivity contribution in [2.24, 2.45) is 0 Å². The molecular formula is C18H19N5OS. The largest absolute Gasteiger partial charge is 0.337 e. The standard InChI is InChI=1S/C18H19N5OS/c1-12-9-20-17(25-12)14-5-3-7-23(11-14)18(24)16-8-15(21-22-16)13-4-2-6-19-10-13/h2,4,6,8-10,14H,3,5,7,11H2,1H3,(H,21,22). The summed E-state index contributed by atoms with van der Waals surface area (Å²) >= 11 is 1.73. The van der Waals surface area contributed by atoms with Crippen LogP contribution in [-0.2, 0) is 0 Å². The van der Waals surface area contributed by atoms with Gasteiger partial charge >= 0.3 is 0 Å². The Morgan fingerprint density at radius 1 is 1.40 bits per heavy atom. The molecule has 3 aromatic rings. The summed E-state index contributed by atoms with van der Waals surface area (Å²) in [6.45, 7) is 3.56. The molecule has 0 spiro atoms. The van der Waals surface area contributed by atoms with Crippen molar-refractivity contribution in [1.82, 2.24) is 25.1 Å². The van der Waals surface area contributed by atoms with Crippen molar-refractivity contribution in [2.75, 3.05) is 13.1 Å². The normalized spacial score (nSPS) is 17.6. The maximum absolute atomic E-state index is 12.8. The fourth-order valence-electron chi connectivity index (χ4n) is 3.19. The first-order chi connectivity index (χ1) is 12.2. The number of nitrogens with one attached hydrogen (secondary N) is 1. The highest BCUT2D eigenvalue weighted by molar-refractivity contribution is 7.11. The fraction of sp³-hybridized carbons (Fsp3) is 0.333. The summed E-state index contributed by atoms with van der Waals surface area (Å²) in [4.78, 5) is 24.6. The summed E-state index contributed by atoms with van der Waals surface area (Å²) in [6, 6.07) is 5.59. The van der Waals surface area contributed by atoms with Gasteiger partial charge in [-0.2, -0.15) is 5.10 Å². The Morgan fingerprint density at radius 2 is 2.32 bits per heavy atom. The van der Waals surface area contributed by atoms with Crippen LogP contribution >= 0.6 is 11.3 Å². The quantitative estimate of drug-likeness (QED) is 0.784. The van der Waals surface area contributed by atoms with E-state index in [0.29, 0.717) is 18.2 Å². The molecular weight excluding hydrogens is 334 g/mol. The molecule has 0 saturated carbocycles. The first kappa shape index (κ1) is 16.0. The highest BCUT2D eigenvalue weighted by Crippen LogP contribution is 2.30. The predicted octanol–water partition coefficient (Wildman–Crippen LogP) is 3.26. The van der Waals surface area contributed by atoms with E-state index < -0.39 is 0 Å². The first-order valence-electron chi connectivity index (χ1n) is 8.38. The van der Waals surface area contributed by atoms with E-state index in [2.05, 4.69) is 27.1 Å². The van der Waals surface area contributed by atoms with Gasteiger partial charge in [0.1, 0.15) is 5.69 Å². The van der Waals surface area contributed by atoms with Crippen LogP contribution in [0.4, 0.5) is 0 Å². The molecule has 0 aromatic carbocycles. The van der Waals surface area contributed by atoms with Crippen LogP contribution in [0.2, 0.25) is 0 Å². The number of likely N-dealkylation sites (tertiary alicyclic amines) is 1. The third-order valence-corrected chi connectivity index (χ3v) is 5.54. The Bertz CT molecular complexity index is 872. The average Bonchev–Trinajstić information content (AvgIpc) is 3.31. The predicted molar refractivity (Wildman–Crippen MR) is 96.5 cm³/mol. The molecule has 128 valence electrons. The van der Waals surface area contributed by atoms with Crippen LogP contribution in [0.3, 0.4) is 0 Å². The third-order valence-electron chi connectivity index (χ3n) is 4.46. The van der Waals surface area contributed by atoms with Crippen molar-refractivity contribution in [3.05, 3.63) is 52.4 Å². The highest BCUT2D eigenvalue weighted by atomic mass is 32.1. The Morgan fingerprint density at radius 3 is 3.08 bits per heavy atom. The van der Waals surface area contributed by atoms with Crippen molar-refractivity contribution in [2.45, 2.75) is 25.7 Å². The van der Waals surface area contributed by atoms with E-state index in [-0.39, 0.29) is 5.91 Å². The number of nitrogens with zero attached hydrogens (tertiary/aromatic N) is 4. The van der Waals surface area contributed by atoms with Gasteiger partial charge in [0.25, 0.3) is 5.91 Å². The van der Waals surface area contributed by atoms with Gasteiger partial charge in [-0.25, -0.2) is 4.98 Å². The molecule has 6 nitrogen and oxygen atoms in total. The van der Waals surface area contributed by atoms with Gasteiger partial charge in [0, 0.05) is 48.0 Å². The van der Waals surface area contributed by atoms with Crippen LogP contribution in [-0.4, -0.2) is 44.1 Å². The molecule has 1 aliphatic rings. The summed E-state index contributed by atoms with van der Waals surface area (Å²) in [6.07, 6.45) is 7.46. The second-order valence-corrected chi connectivity index (χ2v) is 7.57. The third kappa shape index (κ3) is 3.32. The number of piperidine rings is 1. The minimum Gasteiger partial charge on any atom is -0.337 e. The molecule has 4 rings (SSSR count). The summed E-state index contributed by atoms with van der Waals surface area (Å²) in [5.74, 6) is 0.331. The maximum atomic E-state index is 12.8. The lowest BCUT2D eigenvalue weighted by Gasteiger charge is -2.31. The van der Waals surface area contributed by atoms with E-state index in [1.165, 1.54) is 4.88 Å². The number of pyridine rings is 1. The van der Waals surface area contributed by atoms with Crippen LogP contribution in [0.15, 0.2) is 36.8 Å². The van der Waals surface area contributed by atoms with E-state index in [4.69, 9.17) is 0 Å². The number of carbonyl (C=O) groups is 1. The minimum absolute atomic E-state index is 0.000573. The van der Waals surface area contributed by atoms with Gasteiger partial charge in [-0.05, 0) is 38.0 Å². The molecule has 3 aromatic heterocycles. The van der Waals surface area contributed by atoms with Gasteiger partial charge in [-0.15, -0.1) is 11.3 Å². The van der Waals surface area contributed by atoms with Gasteiger partial charge in [0.05, 0.1) is 10.7 Å². The zero-order valence-electron chi connectivity index (χ0n) is 14.0. The Labute approximate surface area is 149 Å². The lowest BCUT2D eigenvalue weighted by molar-refractivity contribution is 0.0701. The SMILES string of the molecule is Cc1cnc(C2CCCN(C(=O)c3cc(-c4cccnc4)n[nH]3)C2)s1. The molecule has 0 bridgehead atoms. The zero-order valence-corrected chi connectivity index (χ0v) is 14.8. The Balaban J connectivity index is 1.50. The molecule has 25 heavy (non-hydrogen) atoms. The van der Waals surface area contributed by atoms with Crippen LogP contribution in [0.25, 0.3) is 11.3 Å². The van der Waals surface area contributed by atoms with E-state index in [9.17, 15) is 4.79 Å². The zero-order chi connectivity index (χ0) is 17.2. The van der Waals surface area contributed by atoms with Crippen LogP contribution in [0, 0.1) is 6.92 Å². The molecule has 0 aliphatic carbocycles. The first-order valence-corrected chi connectivity index (χ1v) is 9.20. The molecule has 1 unspecified atom stereocenters. The molecule has 7 heteroatoms. The molecule has 0 radical (unpaired) electrons. The van der Waals surface area contributed by atoms with Crippen LogP contribution < -0.4 is 0 Å². The van der Waals surface area contributed by atoms with Gasteiger partial charge in [-0.1, -0.05) is 0 Å². The summed E-state index contributed by atoms with van der Waals surface area (Å²) in [7, 11) is 0. The van der Waals surface area contributed by atoms with Crippen molar-refractivity contribution in [3.63, 3.8) is 0 Å². The topological polar surface area (TPSA) is 74.8 Å². The van der Waals surface area contributed by atoms with Crippen molar-refractivity contribution < 1.29 is 4.79 Å². The van der Waals surface area contributed by atoms with E-state index in [0.717, 1.165) is 35.7 Å². The molecule has 1 saturated heterocycles. The number of carbonyl (C=O) groups excluding carboxylic acids is 1. The van der Waals surface area contributed by atoms with Gasteiger partial charge in [0.15, 0.2) is 0 Å². The van der Waals surface area contributed by atoms with Crippen molar-refractivity contribution >= 4 is 17.2 Å². The summed E-state index contributed by atoms with van der Waals surface area (Å²) in [5.41, 5.74) is 2.16. The van der Waals surface area contributed by atoms with Crippen molar-refractivity contribution in [3.8, 4) is 11.3 Å². The van der Waals surface area contributed by atoms with E-state index in [1.807, 2.05) is 23.2 Å². The lowest BCUT2D eigenvalue weighted by atomic mass is 9.98. The van der Waals surface area contributed by atoms with Gasteiger partial charge in [0.2, 0.25) is 0 Å². The number of aromatic nitrogens is 4.